The van der Waals surface area contributed by atoms with E-state index in [1.807, 2.05) is 6.07 Å². The molecule has 2 aromatic carbocycles. The van der Waals surface area contributed by atoms with Gasteiger partial charge in [-0.05, 0) is 17.7 Å². The number of halogens is 1. The summed E-state index contributed by atoms with van der Waals surface area (Å²) in [4.78, 5) is 12.1. The molecule has 20 heavy (non-hydrogen) atoms. The Morgan fingerprint density at radius 2 is 1.90 bits per heavy atom. The van der Waals surface area contributed by atoms with E-state index in [4.69, 9.17) is 5.73 Å². The van der Waals surface area contributed by atoms with E-state index >= 15 is 0 Å². The molecule has 1 amide bonds. The topological polar surface area (TPSA) is 75.4 Å². The molecule has 0 aliphatic heterocycles. The summed E-state index contributed by atoms with van der Waals surface area (Å²) >= 11 is 0. The Balaban J connectivity index is 2.20. The maximum atomic E-state index is 13.3. The maximum absolute atomic E-state index is 13.3. The number of hydrogen-bond donors (Lipinski definition) is 3. The highest BCUT2D eigenvalue weighted by atomic mass is 19.1. The highest BCUT2D eigenvalue weighted by Gasteiger charge is 2.17. The van der Waals surface area contributed by atoms with Gasteiger partial charge in [-0.25, -0.2) is 4.39 Å². The number of aliphatic hydroxyl groups excluding tert-OH is 1. The quantitative estimate of drug-likeness (QED) is 0.745. The van der Waals surface area contributed by atoms with Crippen molar-refractivity contribution < 1.29 is 14.3 Å². The normalized spacial score (nSPS) is 11.9. The number of nitrogens with one attached hydrogen (secondary N) is 1. The zero-order chi connectivity index (χ0) is 14.5. The van der Waals surface area contributed by atoms with E-state index in [2.05, 4.69) is 5.32 Å². The lowest BCUT2D eigenvalue weighted by molar-refractivity contribution is 0.0916. The minimum atomic E-state index is -0.641. The highest BCUT2D eigenvalue weighted by molar-refractivity contribution is 5.99. The Labute approximate surface area is 116 Å². The fourth-order valence-corrected chi connectivity index (χ4v) is 1.89. The molecule has 4 nitrogen and oxygen atoms in total. The molecule has 0 spiro atoms. The van der Waals surface area contributed by atoms with Crippen molar-refractivity contribution in [2.45, 2.75) is 6.04 Å². The lowest BCUT2D eigenvalue weighted by atomic mass is 10.1. The molecule has 0 heterocycles. The van der Waals surface area contributed by atoms with E-state index in [1.165, 1.54) is 18.2 Å². The molecule has 0 fully saturated rings. The number of nitrogen functional groups attached to an aromatic ring is 1. The molecule has 4 N–H and O–H groups in total. The molecular formula is C15H15FN2O2. The monoisotopic (exact) mass is 274 g/mol. The summed E-state index contributed by atoms with van der Waals surface area (Å²) in [7, 11) is 0. The van der Waals surface area contributed by atoms with E-state index in [0.29, 0.717) is 0 Å². The van der Waals surface area contributed by atoms with Gasteiger partial charge in [-0.2, -0.15) is 0 Å². The Morgan fingerprint density at radius 3 is 2.55 bits per heavy atom. The number of carbonyl (C=O) groups is 1. The number of hydrogen-bond acceptors (Lipinski definition) is 3. The Kier molecular flexibility index (Phi) is 4.32. The maximum Gasteiger partial charge on any atom is 0.254 e. The van der Waals surface area contributed by atoms with Crippen molar-refractivity contribution in [3.8, 4) is 0 Å². The highest BCUT2D eigenvalue weighted by Crippen LogP contribution is 2.18. The van der Waals surface area contributed by atoms with Crippen molar-refractivity contribution in [3.63, 3.8) is 0 Å². The summed E-state index contributed by atoms with van der Waals surface area (Å²) in [5.41, 5.74) is 6.16. The van der Waals surface area contributed by atoms with Crippen LogP contribution in [0.3, 0.4) is 0 Å². The SMILES string of the molecule is Nc1c(F)cccc1C(=O)N[C@H](CO)c1ccccc1. The summed E-state index contributed by atoms with van der Waals surface area (Å²) in [5.74, 6) is -1.16. The summed E-state index contributed by atoms with van der Waals surface area (Å²) in [6.45, 7) is -0.259. The number of anilines is 1. The second-order valence-electron chi connectivity index (χ2n) is 4.32. The third-order valence-corrected chi connectivity index (χ3v) is 2.99. The van der Waals surface area contributed by atoms with Crippen molar-refractivity contribution >= 4 is 11.6 Å². The van der Waals surface area contributed by atoms with Crippen LogP contribution in [0, 0.1) is 5.82 Å². The molecular weight excluding hydrogens is 259 g/mol. The third-order valence-electron chi connectivity index (χ3n) is 2.99. The van der Waals surface area contributed by atoms with Gasteiger partial charge in [0, 0.05) is 0 Å². The number of carbonyl (C=O) groups excluding carboxylic acids is 1. The molecule has 0 radical (unpaired) electrons. The van der Waals surface area contributed by atoms with E-state index in [0.717, 1.165) is 5.56 Å². The zero-order valence-corrected chi connectivity index (χ0v) is 10.7. The largest absolute Gasteiger partial charge is 0.396 e. The van der Waals surface area contributed by atoms with Gasteiger partial charge < -0.3 is 16.2 Å². The molecule has 0 aromatic heterocycles. The van der Waals surface area contributed by atoms with Crippen molar-refractivity contribution in [1.29, 1.82) is 0 Å². The van der Waals surface area contributed by atoms with Crippen molar-refractivity contribution in [3.05, 3.63) is 65.5 Å². The Morgan fingerprint density at radius 1 is 1.20 bits per heavy atom. The number of para-hydroxylation sites is 1. The minimum absolute atomic E-state index is 0.0550. The predicted molar refractivity (Wildman–Crippen MR) is 74.5 cm³/mol. The molecule has 104 valence electrons. The van der Waals surface area contributed by atoms with Gasteiger partial charge in [-0.3, -0.25) is 4.79 Å². The van der Waals surface area contributed by atoms with Crippen LogP contribution in [-0.4, -0.2) is 17.6 Å². The van der Waals surface area contributed by atoms with Gasteiger partial charge >= 0.3 is 0 Å². The van der Waals surface area contributed by atoms with Gasteiger partial charge in [-0.15, -0.1) is 0 Å². The second-order valence-corrected chi connectivity index (χ2v) is 4.32. The van der Waals surface area contributed by atoms with Crippen LogP contribution in [0.15, 0.2) is 48.5 Å². The van der Waals surface area contributed by atoms with Crippen LogP contribution < -0.4 is 11.1 Å². The van der Waals surface area contributed by atoms with Crippen molar-refractivity contribution in [2.24, 2.45) is 0 Å². The van der Waals surface area contributed by atoms with Crippen LogP contribution in [0.2, 0.25) is 0 Å². The average Bonchev–Trinajstić information content (AvgIpc) is 2.48. The van der Waals surface area contributed by atoms with Gasteiger partial charge in [0.15, 0.2) is 0 Å². The first-order chi connectivity index (χ1) is 9.63. The second kappa shape index (κ2) is 6.16. The van der Waals surface area contributed by atoms with Gasteiger partial charge in [0.05, 0.1) is 23.9 Å². The number of aliphatic hydroxyl groups is 1. The van der Waals surface area contributed by atoms with Crippen molar-refractivity contribution in [2.75, 3.05) is 12.3 Å². The molecule has 0 saturated heterocycles. The van der Waals surface area contributed by atoms with Crippen LogP contribution in [-0.2, 0) is 0 Å². The van der Waals surface area contributed by atoms with Gasteiger partial charge in [0.1, 0.15) is 5.82 Å². The Hall–Kier alpha value is -2.40. The van der Waals surface area contributed by atoms with Crippen LogP contribution in [0.25, 0.3) is 0 Å². The smallest absolute Gasteiger partial charge is 0.254 e. The minimum Gasteiger partial charge on any atom is -0.396 e. The lowest BCUT2D eigenvalue weighted by Gasteiger charge is -2.17. The molecule has 0 unspecified atom stereocenters. The van der Waals surface area contributed by atoms with Crippen LogP contribution in [0.5, 0.6) is 0 Å². The zero-order valence-electron chi connectivity index (χ0n) is 10.7. The number of amides is 1. The number of benzene rings is 2. The first kappa shape index (κ1) is 14.0. The molecule has 2 aromatic rings. The number of rotatable bonds is 4. The predicted octanol–water partition coefficient (Wildman–Crippen LogP) is 1.87. The van der Waals surface area contributed by atoms with E-state index in [1.54, 1.807) is 24.3 Å². The van der Waals surface area contributed by atoms with E-state index in [9.17, 15) is 14.3 Å². The Bertz CT molecular complexity index is 602. The van der Waals surface area contributed by atoms with E-state index in [-0.39, 0.29) is 17.9 Å². The summed E-state index contributed by atoms with van der Waals surface area (Å²) < 4.78 is 13.3. The van der Waals surface area contributed by atoms with Crippen LogP contribution in [0.1, 0.15) is 22.0 Å². The third kappa shape index (κ3) is 2.95. The van der Waals surface area contributed by atoms with Gasteiger partial charge in [0.25, 0.3) is 5.91 Å². The molecule has 0 aliphatic rings. The van der Waals surface area contributed by atoms with E-state index < -0.39 is 17.8 Å². The fraction of sp³-hybridized carbons (Fsp3) is 0.133. The van der Waals surface area contributed by atoms with Crippen LogP contribution >= 0.6 is 0 Å². The van der Waals surface area contributed by atoms with Gasteiger partial charge in [-0.1, -0.05) is 36.4 Å². The first-order valence-corrected chi connectivity index (χ1v) is 6.14. The molecule has 0 saturated carbocycles. The molecule has 5 heteroatoms. The van der Waals surface area contributed by atoms with Crippen molar-refractivity contribution in [1.82, 2.24) is 5.32 Å². The van der Waals surface area contributed by atoms with Gasteiger partial charge in [0.2, 0.25) is 0 Å². The molecule has 1 atom stereocenters. The lowest BCUT2D eigenvalue weighted by Crippen LogP contribution is -2.31. The number of nitrogens with two attached hydrogens (primary N) is 1. The fourth-order valence-electron chi connectivity index (χ4n) is 1.89. The molecule has 0 aliphatic carbocycles. The molecule has 0 bridgehead atoms. The summed E-state index contributed by atoms with van der Waals surface area (Å²) in [6, 6.07) is 12.5. The standard InChI is InChI=1S/C15H15FN2O2/c16-12-8-4-7-11(14(12)17)15(20)18-13(9-19)10-5-2-1-3-6-10/h1-8,13,19H,9,17H2,(H,18,20)/t13-/m1/s1. The summed E-state index contributed by atoms with van der Waals surface area (Å²) in [5, 5.41) is 12.0. The average molecular weight is 274 g/mol. The molecule has 2 rings (SSSR count). The first-order valence-electron chi connectivity index (χ1n) is 6.14. The summed E-state index contributed by atoms with van der Waals surface area (Å²) in [6.07, 6.45) is 0. The van der Waals surface area contributed by atoms with Crippen LogP contribution in [0.4, 0.5) is 10.1 Å².